The minimum atomic E-state index is -0.138. The summed E-state index contributed by atoms with van der Waals surface area (Å²) in [6, 6.07) is 8.23. The van der Waals surface area contributed by atoms with Gasteiger partial charge in [0.2, 0.25) is 0 Å². The maximum absolute atomic E-state index is 12.0. The number of carbonyl (C=O) groups excluding carboxylic acids is 1. The molecule has 1 aromatic rings. The van der Waals surface area contributed by atoms with Crippen LogP contribution in [-0.2, 0) is 6.54 Å². The van der Waals surface area contributed by atoms with Crippen LogP contribution in [-0.4, -0.2) is 36.6 Å². The largest absolute Gasteiger partial charge is 0.335 e. The molecule has 2 rings (SSSR count). The van der Waals surface area contributed by atoms with Crippen LogP contribution in [0.5, 0.6) is 0 Å². The second kappa shape index (κ2) is 6.72. The van der Waals surface area contributed by atoms with Crippen molar-refractivity contribution in [3.05, 3.63) is 29.8 Å². The number of amides is 2. The number of piperidine rings is 1. The highest BCUT2D eigenvalue weighted by atomic mass is 16.2. The Hall–Kier alpha value is -1.59. The van der Waals surface area contributed by atoms with E-state index in [4.69, 9.17) is 5.73 Å². The van der Waals surface area contributed by atoms with Gasteiger partial charge in [-0.05, 0) is 44.5 Å². The fraction of sp³-hybridized carbons (Fsp3) is 0.533. The molecule has 0 radical (unpaired) electrons. The summed E-state index contributed by atoms with van der Waals surface area (Å²) >= 11 is 0. The predicted octanol–water partition coefficient (Wildman–Crippen LogP) is 1.75. The van der Waals surface area contributed by atoms with Crippen molar-refractivity contribution in [2.45, 2.75) is 38.4 Å². The number of nitrogens with one attached hydrogen (secondary N) is 2. The Bertz CT molecular complexity index is 463. The third-order valence-corrected chi connectivity index (χ3v) is 3.96. The van der Waals surface area contributed by atoms with Crippen molar-refractivity contribution in [1.82, 2.24) is 10.2 Å². The van der Waals surface area contributed by atoms with Crippen LogP contribution in [0.2, 0.25) is 0 Å². The van der Waals surface area contributed by atoms with Crippen LogP contribution in [0, 0.1) is 0 Å². The number of carbonyl (C=O) groups is 1. The highest BCUT2D eigenvalue weighted by molar-refractivity contribution is 5.89. The van der Waals surface area contributed by atoms with Crippen LogP contribution in [0.3, 0.4) is 0 Å². The molecule has 1 aliphatic rings. The van der Waals surface area contributed by atoms with Gasteiger partial charge in [-0.25, -0.2) is 4.79 Å². The van der Waals surface area contributed by atoms with E-state index in [9.17, 15) is 4.79 Å². The quantitative estimate of drug-likeness (QED) is 0.787. The Balaban J connectivity index is 1.86. The molecular formula is C15H24N4O. The van der Waals surface area contributed by atoms with Crippen LogP contribution in [0.25, 0.3) is 0 Å². The first-order valence-electron chi connectivity index (χ1n) is 7.15. The molecule has 1 heterocycles. The van der Waals surface area contributed by atoms with Crippen molar-refractivity contribution < 1.29 is 4.79 Å². The summed E-state index contributed by atoms with van der Waals surface area (Å²) in [5.41, 5.74) is 7.39. The number of anilines is 1. The molecule has 20 heavy (non-hydrogen) atoms. The van der Waals surface area contributed by atoms with Crippen LogP contribution in [0.15, 0.2) is 24.3 Å². The standard InChI is InChI=1S/C15H24N4O/c1-11-8-14(6-7-19(11)2)18-15(20)17-13-5-3-4-12(9-13)10-16/h3-5,9,11,14H,6-8,10,16H2,1-2H3,(H2,17,18,20). The molecule has 0 saturated carbocycles. The second-order valence-electron chi connectivity index (χ2n) is 5.55. The summed E-state index contributed by atoms with van der Waals surface area (Å²) in [5.74, 6) is 0. The van der Waals surface area contributed by atoms with Gasteiger partial charge in [0.15, 0.2) is 0 Å². The van der Waals surface area contributed by atoms with Crippen molar-refractivity contribution in [2.24, 2.45) is 5.73 Å². The van der Waals surface area contributed by atoms with Gasteiger partial charge in [0.25, 0.3) is 0 Å². The number of hydrogen-bond acceptors (Lipinski definition) is 3. The first-order valence-corrected chi connectivity index (χ1v) is 7.15. The van der Waals surface area contributed by atoms with E-state index in [1.54, 1.807) is 0 Å². The van der Waals surface area contributed by atoms with Gasteiger partial charge in [0, 0.05) is 30.9 Å². The third kappa shape index (κ3) is 3.95. The molecule has 1 fully saturated rings. The maximum atomic E-state index is 12.0. The zero-order chi connectivity index (χ0) is 14.5. The molecule has 110 valence electrons. The SMILES string of the molecule is CC1CC(NC(=O)Nc2cccc(CN)c2)CCN1C. The second-order valence-corrected chi connectivity index (χ2v) is 5.55. The molecule has 2 amide bonds. The fourth-order valence-corrected chi connectivity index (χ4v) is 2.55. The van der Waals surface area contributed by atoms with Gasteiger partial charge in [0.05, 0.1) is 0 Å². The molecule has 1 saturated heterocycles. The van der Waals surface area contributed by atoms with Gasteiger partial charge in [0.1, 0.15) is 0 Å². The number of benzene rings is 1. The monoisotopic (exact) mass is 276 g/mol. The zero-order valence-corrected chi connectivity index (χ0v) is 12.2. The van der Waals surface area contributed by atoms with Crippen molar-refractivity contribution in [3.63, 3.8) is 0 Å². The Morgan fingerprint density at radius 3 is 3.00 bits per heavy atom. The van der Waals surface area contributed by atoms with Gasteiger partial charge >= 0.3 is 6.03 Å². The van der Waals surface area contributed by atoms with E-state index >= 15 is 0 Å². The lowest BCUT2D eigenvalue weighted by atomic mass is 9.99. The number of likely N-dealkylation sites (tertiary alicyclic amines) is 1. The van der Waals surface area contributed by atoms with Crippen molar-refractivity contribution >= 4 is 11.7 Å². The lowest BCUT2D eigenvalue weighted by Gasteiger charge is -2.35. The fourth-order valence-electron chi connectivity index (χ4n) is 2.55. The van der Waals surface area contributed by atoms with E-state index < -0.39 is 0 Å². The molecule has 2 unspecified atom stereocenters. The van der Waals surface area contributed by atoms with Gasteiger partial charge in [-0.1, -0.05) is 12.1 Å². The van der Waals surface area contributed by atoms with E-state index in [1.165, 1.54) is 0 Å². The van der Waals surface area contributed by atoms with Crippen molar-refractivity contribution in [3.8, 4) is 0 Å². The Kier molecular flexibility index (Phi) is 4.98. The summed E-state index contributed by atoms with van der Waals surface area (Å²) in [6.07, 6.45) is 1.99. The first kappa shape index (κ1) is 14.8. The van der Waals surface area contributed by atoms with Crippen LogP contribution in [0.1, 0.15) is 25.3 Å². The minimum absolute atomic E-state index is 0.138. The van der Waals surface area contributed by atoms with E-state index in [1.807, 2.05) is 24.3 Å². The van der Waals surface area contributed by atoms with E-state index in [0.29, 0.717) is 12.6 Å². The number of hydrogen-bond donors (Lipinski definition) is 3. The molecular weight excluding hydrogens is 252 g/mol. The zero-order valence-electron chi connectivity index (χ0n) is 12.2. The summed E-state index contributed by atoms with van der Waals surface area (Å²) < 4.78 is 0. The molecule has 5 heteroatoms. The summed E-state index contributed by atoms with van der Waals surface area (Å²) in [5, 5.41) is 5.92. The molecule has 1 aliphatic heterocycles. The van der Waals surface area contributed by atoms with Gasteiger partial charge in [-0.2, -0.15) is 0 Å². The average molecular weight is 276 g/mol. The molecule has 0 spiro atoms. The highest BCUT2D eigenvalue weighted by Crippen LogP contribution is 2.16. The lowest BCUT2D eigenvalue weighted by Crippen LogP contribution is -2.48. The number of urea groups is 1. The van der Waals surface area contributed by atoms with Crippen molar-refractivity contribution in [1.29, 1.82) is 0 Å². The highest BCUT2D eigenvalue weighted by Gasteiger charge is 2.23. The Morgan fingerprint density at radius 2 is 2.30 bits per heavy atom. The molecule has 0 bridgehead atoms. The van der Waals surface area contributed by atoms with Gasteiger partial charge in [-0.3, -0.25) is 0 Å². The van der Waals surface area contributed by atoms with Crippen LogP contribution in [0.4, 0.5) is 10.5 Å². The summed E-state index contributed by atoms with van der Waals surface area (Å²) in [7, 11) is 2.12. The van der Waals surface area contributed by atoms with E-state index in [0.717, 1.165) is 30.6 Å². The minimum Gasteiger partial charge on any atom is -0.335 e. The molecule has 2 atom stereocenters. The number of rotatable bonds is 3. The van der Waals surface area contributed by atoms with Crippen LogP contribution >= 0.6 is 0 Å². The van der Waals surface area contributed by atoms with Gasteiger partial charge in [-0.15, -0.1) is 0 Å². The van der Waals surface area contributed by atoms with Gasteiger partial charge < -0.3 is 21.3 Å². The number of nitrogens with two attached hydrogens (primary N) is 1. The number of nitrogens with zero attached hydrogens (tertiary/aromatic N) is 1. The van der Waals surface area contributed by atoms with Crippen molar-refractivity contribution in [2.75, 3.05) is 18.9 Å². The Labute approximate surface area is 120 Å². The molecule has 0 aromatic heterocycles. The lowest BCUT2D eigenvalue weighted by molar-refractivity contribution is 0.170. The predicted molar refractivity (Wildman–Crippen MR) is 81.6 cm³/mol. The average Bonchev–Trinajstić information content (AvgIpc) is 2.43. The maximum Gasteiger partial charge on any atom is 0.319 e. The topological polar surface area (TPSA) is 70.4 Å². The molecule has 4 N–H and O–H groups in total. The summed E-state index contributed by atoms with van der Waals surface area (Å²) in [4.78, 5) is 14.3. The smallest absolute Gasteiger partial charge is 0.319 e. The van der Waals surface area contributed by atoms with E-state index in [-0.39, 0.29) is 12.1 Å². The van der Waals surface area contributed by atoms with Crippen LogP contribution < -0.4 is 16.4 Å². The Morgan fingerprint density at radius 1 is 1.50 bits per heavy atom. The first-order chi connectivity index (χ1) is 9.58. The normalized spacial score (nSPS) is 23.4. The molecule has 0 aliphatic carbocycles. The third-order valence-electron chi connectivity index (χ3n) is 3.96. The summed E-state index contributed by atoms with van der Waals surface area (Å²) in [6.45, 7) is 3.69. The van der Waals surface area contributed by atoms with E-state index in [2.05, 4.69) is 29.5 Å². The molecule has 5 nitrogen and oxygen atoms in total. The molecule has 1 aromatic carbocycles.